The summed E-state index contributed by atoms with van der Waals surface area (Å²) in [6.07, 6.45) is 0. The van der Waals surface area contributed by atoms with Crippen LogP contribution in [0.5, 0.6) is 0 Å². The topological polar surface area (TPSA) is 144 Å². The van der Waals surface area contributed by atoms with Gasteiger partial charge in [-0.3, -0.25) is 29.8 Å². The number of hydrogen-bond donors (Lipinski definition) is 2. The van der Waals surface area contributed by atoms with E-state index >= 15 is 0 Å². The predicted octanol–water partition coefficient (Wildman–Crippen LogP) is 5.31. The quantitative estimate of drug-likeness (QED) is 0.365. The highest BCUT2D eigenvalue weighted by Gasteiger charge is 2.19. The van der Waals surface area contributed by atoms with Gasteiger partial charge in [-0.2, -0.15) is 0 Å². The van der Waals surface area contributed by atoms with Crippen LogP contribution in [-0.2, 0) is 0 Å². The van der Waals surface area contributed by atoms with Crippen LogP contribution in [0.15, 0.2) is 60.7 Å². The number of nitro benzene ring substituents is 2. The summed E-state index contributed by atoms with van der Waals surface area (Å²) in [5, 5.41) is 26.5. The van der Waals surface area contributed by atoms with E-state index in [1.807, 2.05) is 0 Å². The van der Waals surface area contributed by atoms with Gasteiger partial charge in [-0.05, 0) is 36.4 Å². The molecule has 0 saturated carbocycles. The number of nitro groups is 2. The zero-order valence-electron chi connectivity index (χ0n) is 15.9. The molecule has 0 fully saturated rings. The molecule has 12 heteroatoms. The van der Waals surface area contributed by atoms with Crippen molar-refractivity contribution >= 4 is 57.8 Å². The number of nitrogens with one attached hydrogen (secondary N) is 2. The molecule has 0 unspecified atom stereocenters. The maximum Gasteiger partial charge on any atom is 0.288 e. The van der Waals surface area contributed by atoms with Crippen LogP contribution in [0.1, 0.15) is 20.7 Å². The molecule has 0 bridgehead atoms. The molecule has 0 aromatic heterocycles. The van der Waals surface area contributed by atoms with E-state index in [0.29, 0.717) is 0 Å². The molecule has 0 heterocycles. The summed E-state index contributed by atoms with van der Waals surface area (Å²) in [7, 11) is 0. The van der Waals surface area contributed by atoms with Crippen molar-refractivity contribution in [1.82, 2.24) is 0 Å². The summed E-state index contributed by atoms with van der Waals surface area (Å²) < 4.78 is 0. The normalized spacial score (nSPS) is 10.3. The van der Waals surface area contributed by atoms with Gasteiger partial charge in [-0.15, -0.1) is 0 Å². The number of carbonyl (C=O) groups is 2. The highest BCUT2D eigenvalue weighted by molar-refractivity contribution is 6.33. The average Bonchev–Trinajstić information content (AvgIpc) is 2.73. The molecule has 2 amide bonds. The van der Waals surface area contributed by atoms with E-state index in [4.69, 9.17) is 23.2 Å². The van der Waals surface area contributed by atoms with Crippen LogP contribution in [-0.4, -0.2) is 21.7 Å². The smallest absolute Gasteiger partial charge is 0.288 e. The molecule has 0 aliphatic heterocycles. The second-order valence-corrected chi connectivity index (χ2v) is 7.11. The van der Waals surface area contributed by atoms with Crippen LogP contribution >= 0.6 is 23.2 Å². The van der Waals surface area contributed by atoms with Crippen molar-refractivity contribution in [1.29, 1.82) is 0 Å². The van der Waals surface area contributed by atoms with E-state index in [1.54, 1.807) is 12.1 Å². The first-order valence-corrected chi connectivity index (χ1v) is 9.52. The van der Waals surface area contributed by atoms with Gasteiger partial charge in [-0.25, -0.2) is 0 Å². The maximum atomic E-state index is 12.7. The number of carbonyl (C=O) groups excluding carboxylic acids is 2. The minimum atomic E-state index is -0.655. The number of anilines is 2. The summed E-state index contributed by atoms with van der Waals surface area (Å²) in [4.78, 5) is 45.9. The summed E-state index contributed by atoms with van der Waals surface area (Å²) in [5.74, 6) is -1.30. The minimum absolute atomic E-state index is 0.0208. The third-order valence-electron chi connectivity index (χ3n) is 4.22. The Balaban J connectivity index is 1.82. The molecular formula is C20H12Cl2N4O6. The van der Waals surface area contributed by atoms with Crippen molar-refractivity contribution in [2.24, 2.45) is 0 Å². The summed E-state index contributed by atoms with van der Waals surface area (Å²) in [6.45, 7) is 0. The van der Waals surface area contributed by atoms with Gasteiger partial charge in [0.2, 0.25) is 0 Å². The number of hydrogen-bond acceptors (Lipinski definition) is 6. The third kappa shape index (κ3) is 4.99. The lowest BCUT2D eigenvalue weighted by Gasteiger charge is -2.11. The first-order valence-electron chi connectivity index (χ1n) is 8.77. The monoisotopic (exact) mass is 474 g/mol. The minimum Gasteiger partial charge on any atom is -0.322 e. The second-order valence-electron chi connectivity index (χ2n) is 6.30. The molecule has 10 nitrogen and oxygen atoms in total. The highest BCUT2D eigenvalue weighted by Crippen LogP contribution is 2.29. The summed E-state index contributed by atoms with van der Waals surface area (Å²) in [5.41, 5.74) is -0.191. The van der Waals surface area contributed by atoms with Crippen LogP contribution in [0, 0.1) is 20.2 Å². The Morgan fingerprint density at radius 2 is 1.06 bits per heavy atom. The van der Waals surface area contributed by atoms with E-state index in [-0.39, 0.29) is 43.9 Å². The second kappa shape index (κ2) is 9.41. The Labute approximate surface area is 190 Å². The fraction of sp³-hybridized carbons (Fsp3) is 0. The standard InChI is InChI=1S/C20H12Cl2N4O6/c21-15-9-11(5-7-17(15)25(29)30)23-19(27)13-3-1-2-4-14(13)20(28)24-12-6-8-18(26(31)32)16(22)10-12/h1-10H,(H,23,27)(H,24,28). The zero-order chi connectivity index (χ0) is 23.4. The van der Waals surface area contributed by atoms with Crippen molar-refractivity contribution in [3.05, 3.63) is 102 Å². The third-order valence-corrected chi connectivity index (χ3v) is 4.83. The largest absolute Gasteiger partial charge is 0.322 e. The van der Waals surface area contributed by atoms with Crippen LogP contribution in [0.25, 0.3) is 0 Å². The fourth-order valence-electron chi connectivity index (χ4n) is 2.74. The van der Waals surface area contributed by atoms with Gasteiger partial charge >= 0.3 is 0 Å². The Bertz CT molecular complexity index is 1170. The lowest BCUT2D eigenvalue weighted by molar-refractivity contribution is -0.384. The molecule has 32 heavy (non-hydrogen) atoms. The molecule has 0 spiro atoms. The first kappa shape index (κ1) is 22.7. The molecule has 162 valence electrons. The van der Waals surface area contributed by atoms with E-state index in [2.05, 4.69) is 10.6 Å². The van der Waals surface area contributed by atoms with Gasteiger partial charge in [0.1, 0.15) is 10.0 Å². The molecule has 0 aliphatic carbocycles. The molecule has 0 aliphatic rings. The fourth-order valence-corrected chi connectivity index (χ4v) is 3.24. The molecule has 3 aromatic rings. The molecule has 3 rings (SSSR count). The van der Waals surface area contributed by atoms with Crippen LogP contribution in [0.4, 0.5) is 22.7 Å². The maximum absolute atomic E-state index is 12.7. The van der Waals surface area contributed by atoms with Gasteiger partial charge in [0.25, 0.3) is 23.2 Å². The summed E-state index contributed by atoms with van der Waals surface area (Å²) in [6, 6.07) is 13.3. The molecule has 0 atom stereocenters. The Kier molecular flexibility index (Phi) is 6.67. The number of rotatable bonds is 6. The van der Waals surface area contributed by atoms with E-state index in [0.717, 1.165) is 12.1 Å². The highest BCUT2D eigenvalue weighted by atomic mass is 35.5. The Morgan fingerprint density at radius 1 is 0.688 bits per heavy atom. The van der Waals surface area contributed by atoms with Crippen molar-refractivity contribution in [3.63, 3.8) is 0 Å². The molecule has 0 saturated heterocycles. The van der Waals surface area contributed by atoms with E-state index in [9.17, 15) is 29.8 Å². The van der Waals surface area contributed by atoms with Crippen molar-refractivity contribution in [2.45, 2.75) is 0 Å². The van der Waals surface area contributed by atoms with Crippen LogP contribution < -0.4 is 10.6 Å². The van der Waals surface area contributed by atoms with Crippen molar-refractivity contribution in [3.8, 4) is 0 Å². The number of benzene rings is 3. The van der Waals surface area contributed by atoms with Crippen LogP contribution in [0.2, 0.25) is 10.0 Å². The lowest BCUT2D eigenvalue weighted by Crippen LogP contribution is -2.20. The van der Waals surface area contributed by atoms with Gasteiger partial charge in [0.15, 0.2) is 0 Å². The van der Waals surface area contributed by atoms with Crippen LogP contribution in [0.3, 0.4) is 0 Å². The van der Waals surface area contributed by atoms with Gasteiger partial charge in [0, 0.05) is 23.5 Å². The Morgan fingerprint density at radius 3 is 1.38 bits per heavy atom. The zero-order valence-corrected chi connectivity index (χ0v) is 17.4. The van der Waals surface area contributed by atoms with E-state index in [1.165, 1.54) is 36.4 Å². The molecule has 3 aromatic carbocycles. The predicted molar refractivity (Wildman–Crippen MR) is 119 cm³/mol. The van der Waals surface area contributed by atoms with E-state index < -0.39 is 21.7 Å². The number of halogens is 2. The SMILES string of the molecule is O=C(Nc1ccc([N+](=O)[O-])c(Cl)c1)c1ccccc1C(=O)Nc1ccc([N+](=O)[O-])c(Cl)c1. The van der Waals surface area contributed by atoms with Gasteiger partial charge in [0.05, 0.1) is 21.0 Å². The first-order chi connectivity index (χ1) is 15.2. The number of amides is 2. The molecular weight excluding hydrogens is 463 g/mol. The number of nitrogens with zero attached hydrogens (tertiary/aromatic N) is 2. The van der Waals surface area contributed by atoms with Gasteiger partial charge in [-0.1, -0.05) is 35.3 Å². The lowest BCUT2D eigenvalue weighted by atomic mass is 10.1. The average molecular weight is 475 g/mol. The summed E-state index contributed by atoms with van der Waals surface area (Å²) >= 11 is 11.7. The van der Waals surface area contributed by atoms with Crippen molar-refractivity contribution in [2.75, 3.05) is 10.6 Å². The van der Waals surface area contributed by atoms with Gasteiger partial charge < -0.3 is 10.6 Å². The Hall–Kier alpha value is -4.02. The van der Waals surface area contributed by atoms with Crippen molar-refractivity contribution < 1.29 is 19.4 Å². The molecule has 0 radical (unpaired) electrons. The molecule has 2 N–H and O–H groups in total.